The summed E-state index contributed by atoms with van der Waals surface area (Å²) in [7, 11) is 0. The third kappa shape index (κ3) is 11.2. The maximum absolute atomic E-state index is 12.1. The number of benzene rings is 2. The van der Waals surface area contributed by atoms with Crippen LogP contribution < -0.4 is 10.6 Å². The molecule has 0 aliphatic rings. The summed E-state index contributed by atoms with van der Waals surface area (Å²) in [6, 6.07) is 12.4. The molecule has 0 saturated heterocycles. The molecular formula is C28H34N2O8. The fraction of sp³-hybridized carbons (Fsp3) is 0.393. The van der Waals surface area contributed by atoms with Gasteiger partial charge in [-0.1, -0.05) is 26.7 Å². The lowest BCUT2D eigenvalue weighted by Crippen LogP contribution is -2.21. The number of carbonyl (C=O) groups excluding carboxylic acids is 5. The zero-order valence-corrected chi connectivity index (χ0v) is 21.7. The van der Waals surface area contributed by atoms with E-state index in [0.717, 1.165) is 25.7 Å². The van der Waals surface area contributed by atoms with Crippen LogP contribution >= 0.6 is 0 Å². The van der Waals surface area contributed by atoms with Gasteiger partial charge in [0.05, 0.1) is 30.8 Å². The Morgan fingerprint density at radius 2 is 1.05 bits per heavy atom. The number of ether oxygens (including phenoxy) is 3. The first-order chi connectivity index (χ1) is 18.3. The number of hydrogen-bond donors (Lipinski definition) is 2. The second-order valence-electron chi connectivity index (χ2n) is 8.39. The zero-order chi connectivity index (χ0) is 27.8. The summed E-state index contributed by atoms with van der Waals surface area (Å²) in [6.07, 6.45) is 3.07. The van der Waals surface area contributed by atoms with E-state index in [-0.39, 0.29) is 12.8 Å². The molecule has 10 nitrogen and oxygen atoms in total. The third-order valence-corrected chi connectivity index (χ3v) is 5.19. The predicted octanol–water partition coefficient (Wildman–Crippen LogP) is 4.50. The summed E-state index contributed by atoms with van der Waals surface area (Å²) in [4.78, 5) is 59.9. The van der Waals surface area contributed by atoms with E-state index in [4.69, 9.17) is 14.2 Å². The van der Waals surface area contributed by atoms with Crippen LogP contribution in [0.15, 0.2) is 48.5 Å². The lowest BCUT2D eigenvalue weighted by atomic mass is 10.2. The molecule has 0 atom stereocenters. The van der Waals surface area contributed by atoms with E-state index in [9.17, 15) is 24.0 Å². The molecule has 0 bridgehead atoms. The van der Waals surface area contributed by atoms with Crippen LogP contribution in [0.5, 0.6) is 0 Å². The third-order valence-electron chi connectivity index (χ3n) is 5.19. The molecule has 0 fully saturated rings. The van der Waals surface area contributed by atoms with Crippen molar-refractivity contribution in [2.75, 3.05) is 30.5 Å². The molecule has 0 aliphatic carbocycles. The molecule has 2 aromatic carbocycles. The molecular weight excluding hydrogens is 492 g/mol. The maximum atomic E-state index is 12.1. The number of hydrogen-bond acceptors (Lipinski definition) is 8. The van der Waals surface area contributed by atoms with Crippen LogP contribution in [0.1, 0.15) is 73.1 Å². The Labute approximate surface area is 222 Å². The first-order valence-electron chi connectivity index (χ1n) is 12.6. The highest BCUT2D eigenvalue weighted by molar-refractivity contribution is 5.96. The average Bonchev–Trinajstić information content (AvgIpc) is 2.91. The van der Waals surface area contributed by atoms with Gasteiger partial charge in [0.1, 0.15) is 0 Å². The van der Waals surface area contributed by atoms with Crippen molar-refractivity contribution < 1.29 is 38.2 Å². The molecule has 0 aliphatic heterocycles. The highest BCUT2D eigenvalue weighted by Crippen LogP contribution is 2.13. The van der Waals surface area contributed by atoms with Gasteiger partial charge in [-0.05, 0) is 61.4 Å². The van der Waals surface area contributed by atoms with Gasteiger partial charge in [-0.2, -0.15) is 0 Å². The minimum Gasteiger partial charge on any atom is -0.462 e. The summed E-state index contributed by atoms with van der Waals surface area (Å²) in [5.41, 5.74) is 1.63. The van der Waals surface area contributed by atoms with Crippen molar-refractivity contribution in [1.29, 1.82) is 0 Å². The Morgan fingerprint density at radius 3 is 1.50 bits per heavy atom. The SMILES string of the molecule is CCCCOC(=O)c1ccc(NC(=O)CCC(=O)OCC(=O)Nc2ccc(C(=O)OCCCC)cc2)cc1. The van der Waals surface area contributed by atoms with Gasteiger partial charge in [0.25, 0.3) is 5.91 Å². The molecule has 0 spiro atoms. The van der Waals surface area contributed by atoms with Crippen LogP contribution in [0, 0.1) is 0 Å². The van der Waals surface area contributed by atoms with Crippen LogP contribution in [-0.2, 0) is 28.6 Å². The minimum atomic E-state index is -0.703. The summed E-state index contributed by atoms with van der Waals surface area (Å²) in [5, 5.41) is 5.19. The molecule has 0 radical (unpaired) electrons. The second-order valence-corrected chi connectivity index (χ2v) is 8.39. The molecule has 10 heteroatoms. The van der Waals surface area contributed by atoms with E-state index < -0.39 is 36.3 Å². The van der Waals surface area contributed by atoms with Crippen molar-refractivity contribution >= 4 is 41.1 Å². The highest BCUT2D eigenvalue weighted by Gasteiger charge is 2.13. The fourth-order valence-electron chi connectivity index (χ4n) is 3.02. The van der Waals surface area contributed by atoms with E-state index >= 15 is 0 Å². The van der Waals surface area contributed by atoms with Crippen LogP contribution in [0.4, 0.5) is 11.4 Å². The summed E-state index contributed by atoms with van der Waals surface area (Å²) in [6.45, 7) is 4.19. The maximum Gasteiger partial charge on any atom is 0.338 e. The molecule has 2 rings (SSSR count). The number of esters is 3. The van der Waals surface area contributed by atoms with Crippen LogP contribution in [0.25, 0.3) is 0 Å². The predicted molar refractivity (Wildman–Crippen MR) is 141 cm³/mol. The van der Waals surface area contributed by atoms with Gasteiger partial charge in [0, 0.05) is 17.8 Å². The highest BCUT2D eigenvalue weighted by atomic mass is 16.5. The quantitative estimate of drug-likeness (QED) is 0.197. The van der Waals surface area contributed by atoms with Gasteiger partial charge in [-0.25, -0.2) is 9.59 Å². The van der Waals surface area contributed by atoms with Crippen molar-refractivity contribution in [2.45, 2.75) is 52.4 Å². The van der Waals surface area contributed by atoms with Crippen LogP contribution in [0.3, 0.4) is 0 Å². The van der Waals surface area contributed by atoms with Crippen molar-refractivity contribution in [3.63, 3.8) is 0 Å². The Balaban J connectivity index is 1.67. The van der Waals surface area contributed by atoms with Crippen LogP contribution in [-0.4, -0.2) is 49.5 Å². The van der Waals surface area contributed by atoms with Crippen molar-refractivity contribution in [3.05, 3.63) is 59.7 Å². The minimum absolute atomic E-state index is 0.142. The first kappa shape index (κ1) is 30.0. The lowest BCUT2D eigenvalue weighted by molar-refractivity contribution is -0.147. The van der Waals surface area contributed by atoms with Gasteiger partial charge in [0.15, 0.2) is 6.61 Å². The smallest absolute Gasteiger partial charge is 0.338 e. The topological polar surface area (TPSA) is 137 Å². The number of anilines is 2. The number of carbonyl (C=O) groups is 5. The number of unbranched alkanes of at least 4 members (excludes halogenated alkanes) is 2. The van der Waals surface area contributed by atoms with Crippen molar-refractivity contribution in [3.8, 4) is 0 Å². The van der Waals surface area contributed by atoms with Gasteiger partial charge < -0.3 is 24.8 Å². The van der Waals surface area contributed by atoms with Crippen molar-refractivity contribution in [2.24, 2.45) is 0 Å². The van der Waals surface area contributed by atoms with E-state index in [1.807, 2.05) is 13.8 Å². The Hall–Kier alpha value is -4.21. The first-order valence-corrected chi connectivity index (χ1v) is 12.6. The second kappa shape index (κ2) is 16.5. The van der Waals surface area contributed by atoms with E-state index in [1.54, 1.807) is 36.4 Å². The standard InChI is InChI=1S/C28H34N2O8/c1-3-5-17-36-27(34)20-7-11-22(12-8-20)29-24(31)15-16-26(33)38-19-25(32)30-23-13-9-21(10-14-23)28(35)37-18-6-4-2/h7-14H,3-6,15-19H2,1-2H3,(H,29,31)(H,30,32). The molecule has 0 unspecified atom stereocenters. The molecule has 0 heterocycles. The lowest BCUT2D eigenvalue weighted by Gasteiger charge is -2.08. The molecule has 2 N–H and O–H groups in total. The largest absolute Gasteiger partial charge is 0.462 e. The zero-order valence-electron chi connectivity index (χ0n) is 21.7. The molecule has 2 aromatic rings. The van der Waals surface area contributed by atoms with E-state index in [1.165, 1.54) is 12.1 Å². The summed E-state index contributed by atoms with van der Waals surface area (Å²) < 4.78 is 15.2. The Bertz CT molecular complexity index is 996. The molecule has 0 saturated carbocycles. The number of nitrogens with one attached hydrogen (secondary N) is 2. The van der Waals surface area contributed by atoms with Crippen LogP contribution in [0.2, 0.25) is 0 Å². The summed E-state index contributed by atoms with van der Waals surface area (Å²) >= 11 is 0. The normalized spacial score (nSPS) is 10.3. The van der Waals surface area contributed by atoms with Gasteiger partial charge in [0.2, 0.25) is 5.91 Å². The molecule has 204 valence electrons. The van der Waals surface area contributed by atoms with E-state index in [2.05, 4.69) is 10.6 Å². The van der Waals surface area contributed by atoms with Gasteiger partial charge in [-0.15, -0.1) is 0 Å². The fourth-order valence-corrected chi connectivity index (χ4v) is 3.02. The average molecular weight is 527 g/mol. The summed E-state index contributed by atoms with van der Waals surface area (Å²) in [5.74, 6) is -2.55. The van der Waals surface area contributed by atoms with Crippen molar-refractivity contribution in [1.82, 2.24) is 0 Å². The monoisotopic (exact) mass is 526 g/mol. The Morgan fingerprint density at radius 1 is 0.605 bits per heavy atom. The van der Waals surface area contributed by atoms with E-state index in [0.29, 0.717) is 35.7 Å². The van der Waals surface area contributed by atoms with Gasteiger partial charge in [-0.3, -0.25) is 14.4 Å². The van der Waals surface area contributed by atoms with Gasteiger partial charge >= 0.3 is 17.9 Å². The number of rotatable bonds is 15. The Kier molecular flexibility index (Phi) is 13.0. The molecule has 0 aromatic heterocycles. The molecule has 38 heavy (non-hydrogen) atoms. The number of amides is 2. The molecule has 2 amide bonds.